The van der Waals surface area contributed by atoms with E-state index < -0.39 is 5.97 Å². The van der Waals surface area contributed by atoms with Crippen molar-refractivity contribution >= 4 is 11.9 Å². The molecule has 0 atom stereocenters. The normalized spacial score (nSPS) is 11.2. The van der Waals surface area contributed by atoms with Gasteiger partial charge in [0.2, 0.25) is 5.95 Å². The molecule has 88 valence electrons. The van der Waals surface area contributed by atoms with Crippen LogP contribution in [0.4, 0.5) is 5.95 Å². The Morgan fingerprint density at radius 1 is 1.56 bits per heavy atom. The number of carboxylic acid groups (broad SMARTS) is 1. The van der Waals surface area contributed by atoms with E-state index in [9.17, 15) is 4.79 Å². The lowest BCUT2D eigenvalue weighted by atomic mass is 9.99. The van der Waals surface area contributed by atoms with E-state index in [1.165, 1.54) is 0 Å². The molecule has 0 unspecified atom stereocenters. The minimum absolute atomic E-state index is 0.131. The van der Waals surface area contributed by atoms with Gasteiger partial charge in [-0.25, -0.2) is 9.97 Å². The summed E-state index contributed by atoms with van der Waals surface area (Å²) in [5.41, 5.74) is 0.554. The molecular formula is C11H17N3O2. The summed E-state index contributed by atoms with van der Waals surface area (Å²) in [5.74, 6) is -0.254. The van der Waals surface area contributed by atoms with Crippen LogP contribution in [0.2, 0.25) is 0 Å². The zero-order valence-corrected chi connectivity index (χ0v) is 9.82. The van der Waals surface area contributed by atoms with E-state index >= 15 is 0 Å². The Kier molecular flexibility index (Phi) is 3.82. The van der Waals surface area contributed by atoms with Crippen molar-refractivity contribution in [2.45, 2.75) is 39.2 Å². The van der Waals surface area contributed by atoms with Gasteiger partial charge >= 0.3 is 5.97 Å². The Labute approximate surface area is 94.9 Å². The molecule has 1 aromatic heterocycles. The lowest BCUT2D eigenvalue weighted by Crippen LogP contribution is -2.32. The highest BCUT2D eigenvalue weighted by atomic mass is 16.4. The Bertz CT molecular complexity index is 377. The van der Waals surface area contributed by atoms with Crippen molar-refractivity contribution in [2.24, 2.45) is 0 Å². The average molecular weight is 223 g/mol. The van der Waals surface area contributed by atoms with Gasteiger partial charge in [0.1, 0.15) is 0 Å². The van der Waals surface area contributed by atoms with Crippen LogP contribution >= 0.6 is 0 Å². The standard InChI is InChI=1S/C11H17N3O2/c1-8-5-7-12-10(13-8)14-11(2,3)6-4-9(15)16/h5,7H,4,6H2,1-3H3,(H,15,16)(H,12,13,14). The highest BCUT2D eigenvalue weighted by molar-refractivity contribution is 5.66. The number of aromatic nitrogens is 2. The Hall–Kier alpha value is -1.65. The quantitative estimate of drug-likeness (QED) is 0.796. The van der Waals surface area contributed by atoms with Crippen molar-refractivity contribution in [2.75, 3.05) is 5.32 Å². The van der Waals surface area contributed by atoms with Crippen LogP contribution in [0.25, 0.3) is 0 Å². The first-order valence-corrected chi connectivity index (χ1v) is 5.19. The molecule has 1 heterocycles. The van der Waals surface area contributed by atoms with E-state index in [4.69, 9.17) is 5.11 Å². The van der Waals surface area contributed by atoms with Crippen LogP contribution in [-0.4, -0.2) is 26.6 Å². The second-order valence-corrected chi connectivity index (χ2v) is 4.42. The lowest BCUT2D eigenvalue weighted by Gasteiger charge is -2.25. The molecule has 0 aliphatic heterocycles. The number of rotatable bonds is 5. The number of carbonyl (C=O) groups is 1. The van der Waals surface area contributed by atoms with Crippen LogP contribution in [-0.2, 0) is 4.79 Å². The van der Waals surface area contributed by atoms with E-state index in [-0.39, 0.29) is 12.0 Å². The van der Waals surface area contributed by atoms with Crippen molar-refractivity contribution in [3.63, 3.8) is 0 Å². The third-order valence-corrected chi connectivity index (χ3v) is 2.21. The molecule has 0 amide bonds. The van der Waals surface area contributed by atoms with Crippen molar-refractivity contribution in [1.82, 2.24) is 9.97 Å². The molecule has 5 heteroatoms. The topological polar surface area (TPSA) is 75.1 Å². The zero-order chi connectivity index (χ0) is 12.2. The maximum atomic E-state index is 10.5. The van der Waals surface area contributed by atoms with Gasteiger partial charge in [-0.05, 0) is 33.3 Å². The lowest BCUT2D eigenvalue weighted by molar-refractivity contribution is -0.137. The van der Waals surface area contributed by atoms with Crippen LogP contribution in [0.15, 0.2) is 12.3 Å². The molecule has 0 saturated carbocycles. The van der Waals surface area contributed by atoms with Gasteiger partial charge < -0.3 is 10.4 Å². The van der Waals surface area contributed by atoms with Crippen molar-refractivity contribution in [3.8, 4) is 0 Å². The SMILES string of the molecule is Cc1ccnc(NC(C)(C)CCC(=O)O)n1. The molecule has 0 saturated heterocycles. The summed E-state index contributed by atoms with van der Waals surface area (Å²) in [7, 11) is 0. The summed E-state index contributed by atoms with van der Waals surface area (Å²) in [6.45, 7) is 5.75. The third kappa shape index (κ3) is 4.25. The van der Waals surface area contributed by atoms with Gasteiger partial charge in [0.15, 0.2) is 0 Å². The minimum Gasteiger partial charge on any atom is -0.481 e. The van der Waals surface area contributed by atoms with Gasteiger partial charge in [-0.2, -0.15) is 0 Å². The second-order valence-electron chi connectivity index (χ2n) is 4.42. The molecule has 0 spiro atoms. The molecule has 16 heavy (non-hydrogen) atoms. The first kappa shape index (κ1) is 12.4. The summed E-state index contributed by atoms with van der Waals surface area (Å²) >= 11 is 0. The predicted octanol–water partition coefficient (Wildman–Crippen LogP) is 1.84. The fourth-order valence-electron chi connectivity index (χ4n) is 1.29. The van der Waals surface area contributed by atoms with Gasteiger partial charge in [-0.3, -0.25) is 4.79 Å². The van der Waals surface area contributed by atoms with E-state index in [0.29, 0.717) is 12.4 Å². The van der Waals surface area contributed by atoms with Gasteiger partial charge in [-0.1, -0.05) is 0 Å². The smallest absolute Gasteiger partial charge is 0.303 e. The Morgan fingerprint density at radius 3 is 2.81 bits per heavy atom. The van der Waals surface area contributed by atoms with Crippen molar-refractivity contribution in [1.29, 1.82) is 0 Å². The van der Waals surface area contributed by atoms with Crippen LogP contribution in [0.1, 0.15) is 32.4 Å². The van der Waals surface area contributed by atoms with Crippen molar-refractivity contribution < 1.29 is 9.90 Å². The van der Waals surface area contributed by atoms with E-state index in [1.54, 1.807) is 6.20 Å². The highest BCUT2D eigenvalue weighted by Crippen LogP contribution is 2.16. The van der Waals surface area contributed by atoms with Gasteiger partial charge in [0.25, 0.3) is 0 Å². The minimum atomic E-state index is -0.792. The van der Waals surface area contributed by atoms with E-state index in [0.717, 1.165) is 5.69 Å². The number of carboxylic acids is 1. The Balaban J connectivity index is 2.61. The molecule has 0 aliphatic carbocycles. The largest absolute Gasteiger partial charge is 0.481 e. The molecule has 5 nitrogen and oxygen atoms in total. The summed E-state index contributed by atoms with van der Waals surface area (Å²) < 4.78 is 0. The molecule has 0 aliphatic rings. The number of aryl methyl sites for hydroxylation is 1. The fraction of sp³-hybridized carbons (Fsp3) is 0.545. The fourth-order valence-corrected chi connectivity index (χ4v) is 1.29. The Morgan fingerprint density at radius 2 is 2.25 bits per heavy atom. The van der Waals surface area contributed by atoms with Gasteiger partial charge in [0.05, 0.1) is 0 Å². The number of aliphatic carboxylic acids is 1. The van der Waals surface area contributed by atoms with Gasteiger partial charge in [0, 0.05) is 23.9 Å². The summed E-state index contributed by atoms with van der Waals surface area (Å²) in [6, 6.07) is 1.81. The first-order valence-electron chi connectivity index (χ1n) is 5.19. The van der Waals surface area contributed by atoms with Gasteiger partial charge in [-0.15, -0.1) is 0 Å². The van der Waals surface area contributed by atoms with Crippen LogP contribution in [0, 0.1) is 6.92 Å². The molecular weight excluding hydrogens is 206 g/mol. The average Bonchev–Trinajstić information content (AvgIpc) is 2.14. The first-order chi connectivity index (χ1) is 7.39. The number of nitrogens with one attached hydrogen (secondary N) is 1. The molecule has 0 aromatic carbocycles. The van der Waals surface area contributed by atoms with E-state index in [1.807, 2.05) is 26.8 Å². The predicted molar refractivity (Wildman–Crippen MR) is 61.3 cm³/mol. The maximum absolute atomic E-state index is 10.5. The highest BCUT2D eigenvalue weighted by Gasteiger charge is 2.19. The number of hydrogen-bond donors (Lipinski definition) is 2. The molecule has 1 rings (SSSR count). The monoisotopic (exact) mass is 223 g/mol. The number of anilines is 1. The maximum Gasteiger partial charge on any atom is 0.303 e. The second kappa shape index (κ2) is 4.92. The summed E-state index contributed by atoms with van der Waals surface area (Å²) in [4.78, 5) is 18.8. The third-order valence-electron chi connectivity index (χ3n) is 2.21. The molecule has 2 N–H and O–H groups in total. The molecule has 0 bridgehead atoms. The summed E-state index contributed by atoms with van der Waals surface area (Å²) in [6.07, 6.45) is 2.34. The van der Waals surface area contributed by atoms with Crippen LogP contribution in [0.3, 0.4) is 0 Å². The molecule has 1 aromatic rings. The van der Waals surface area contributed by atoms with Crippen LogP contribution in [0.5, 0.6) is 0 Å². The molecule has 0 fully saturated rings. The molecule has 0 radical (unpaired) electrons. The van der Waals surface area contributed by atoms with Crippen molar-refractivity contribution in [3.05, 3.63) is 18.0 Å². The number of hydrogen-bond acceptors (Lipinski definition) is 4. The van der Waals surface area contributed by atoms with Crippen LogP contribution < -0.4 is 5.32 Å². The summed E-state index contributed by atoms with van der Waals surface area (Å²) in [5, 5.41) is 11.8. The van der Waals surface area contributed by atoms with E-state index in [2.05, 4.69) is 15.3 Å². The number of nitrogens with zero attached hydrogens (tertiary/aromatic N) is 2. The zero-order valence-electron chi connectivity index (χ0n) is 9.82.